The van der Waals surface area contributed by atoms with Gasteiger partial charge < -0.3 is 14.7 Å². The monoisotopic (exact) mass is 327 g/mol. The zero-order chi connectivity index (χ0) is 16.7. The zero-order valence-electron chi connectivity index (χ0n) is 13.9. The van der Waals surface area contributed by atoms with Crippen molar-refractivity contribution in [2.45, 2.75) is 51.1 Å². The average Bonchev–Trinajstić information content (AvgIpc) is 3.15. The first-order valence-electron chi connectivity index (χ1n) is 8.46. The smallest absolute Gasteiger partial charge is 0.258 e. The Hall–Kier alpha value is -2.44. The van der Waals surface area contributed by atoms with Gasteiger partial charge in [-0.25, -0.2) is 4.98 Å². The summed E-state index contributed by atoms with van der Waals surface area (Å²) in [6.45, 7) is 4.81. The second-order valence-electron chi connectivity index (χ2n) is 6.86. The minimum atomic E-state index is 0.106. The van der Waals surface area contributed by atoms with Crippen molar-refractivity contribution in [3.63, 3.8) is 0 Å². The molecule has 7 nitrogen and oxygen atoms in total. The average molecular weight is 327 g/mol. The highest BCUT2D eigenvalue weighted by atomic mass is 16.5. The van der Waals surface area contributed by atoms with Gasteiger partial charge >= 0.3 is 0 Å². The standard InChI is InChI=1S/C17H21N5O2/c1-10(2)16-20-17(24-21-16)11-5-6-18-14(7-11)19-12-8-15(23)22(9-12)13-3-4-13/h5-7,10,12-13H,3-4,8-9H2,1-2H3,(H,18,19). The lowest BCUT2D eigenvalue weighted by Gasteiger charge is -2.16. The van der Waals surface area contributed by atoms with E-state index in [1.165, 1.54) is 0 Å². The molecule has 1 atom stereocenters. The number of aromatic nitrogens is 3. The molecule has 1 aliphatic carbocycles. The Balaban J connectivity index is 1.47. The predicted octanol–water partition coefficient (Wildman–Crippen LogP) is 2.43. The molecular formula is C17H21N5O2. The number of nitrogens with one attached hydrogen (secondary N) is 1. The summed E-state index contributed by atoms with van der Waals surface area (Å²) in [5, 5.41) is 7.35. The van der Waals surface area contributed by atoms with Gasteiger partial charge in [-0.2, -0.15) is 4.98 Å². The molecule has 2 aromatic heterocycles. The zero-order valence-corrected chi connectivity index (χ0v) is 13.9. The first kappa shape index (κ1) is 15.1. The molecule has 24 heavy (non-hydrogen) atoms. The number of carbonyl (C=O) groups is 1. The van der Waals surface area contributed by atoms with Crippen LogP contribution in [0.2, 0.25) is 0 Å². The summed E-state index contributed by atoms with van der Waals surface area (Å²) >= 11 is 0. The SMILES string of the molecule is CC(C)c1noc(-c2ccnc(NC3CC(=O)N(C4CC4)C3)c2)n1. The third-order valence-corrected chi connectivity index (χ3v) is 4.46. The second-order valence-corrected chi connectivity index (χ2v) is 6.86. The van der Waals surface area contributed by atoms with Crippen molar-refractivity contribution in [3.8, 4) is 11.5 Å². The van der Waals surface area contributed by atoms with Crippen LogP contribution in [0.4, 0.5) is 5.82 Å². The number of hydrogen-bond donors (Lipinski definition) is 1. The molecule has 3 heterocycles. The molecule has 2 aliphatic rings. The molecule has 0 radical (unpaired) electrons. The number of anilines is 1. The van der Waals surface area contributed by atoms with E-state index in [0.29, 0.717) is 24.2 Å². The molecule has 126 valence electrons. The van der Waals surface area contributed by atoms with Gasteiger partial charge in [-0.1, -0.05) is 19.0 Å². The summed E-state index contributed by atoms with van der Waals surface area (Å²) < 4.78 is 5.33. The van der Waals surface area contributed by atoms with E-state index >= 15 is 0 Å². The van der Waals surface area contributed by atoms with E-state index in [0.717, 1.165) is 30.8 Å². The maximum Gasteiger partial charge on any atom is 0.258 e. The van der Waals surface area contributed by atoms with Gasteiger partial charge in [-0.3, -0.25) is 4.79 Å². The van der Waals surface area contributed by atoms with Gasteiger partial charge in [-0.05, 0) is 25.0 Å². The van der Waals surface area contributed by atoms with Crippen molar-refractivity contribution in [2.24, 2.45) is 0 Å². The molecule has 7 heteroatoms. The molecule has 1 saturated heterocycles. The third-order valence-electron chi connectivity index (χ3n) is 4.46. The van der Waals surface area contributed by atoms with Crippen LogP contribution in [0.3, 0.4) is 0 Å². The minimum absolute atomic E-state index is 0.106. The van der Waals surface area contributed by atoms with Crippen LogP contribution < -0.4 is 5.32 Å². The topological polar surface area (TPSA) is 84.2 Å². The third kappa shape index (κ3) is 2.98. The lowest BCUT2D eigenvalue weighted by atomic mass is 10.2. The first-order chi connectivity index (χ1) is 11.6. The number of carbonyl (C=O) groups excluding carboxylic acids is 1. The number of rotatable bonds is 5. The fourth-order valence-corrected chi connectivity index (χ4v) is 3.01. The van der Waals surface area contributed by atoms with E-state index in [4.69, 9.17) is 4.52 Å². The van der Waals surface area contributed by atoms with Crippen LogP contribution >= 0.6 is 0 Å². The second kappa shape index (κ2) is 5.89. The molecular weight excluding hydrogens is 306 g/mol. The molecule has 1 amide bonds. The Bertz CT molecular complexity index is 753. The summed E-state index contributed by atoms with van der Waals surface area (Å²) in [6, 6.07) is 4.31. The summed E-state index contributed by atoms with van der Waals surface area (Å²) in [6.07, 6.45) is 4.52. The van der Waals surface area contributed by atoms with Gasteiger partial charge in [0.1, 0.15) is 5.82 Å². The molecule has 1 N–H and O–H groups in total. The maximum absolute atomic E-state index is 12.0. The number of amides is 1. The molecule has 0 aromatic carbocycles. The Kier molecular flexibility index (Phi) is 3.70. The molecule has 2 aromatic rings. The molecule has 0 bridgehead atoms. The highest BCUT2D eigenvalue weighted by Gasteiger charge is 2.39. The Morgan fingerprint density at radius 2 is 2.21 bits per heavy atom. The van der Waals surface area contributed by atoms with E-state index in [-0.39, 0.29) is 17.9 Å². The van der Waals surface area contributed by atoms with Gasteiger partial charge in [0.2, 0.25) is 5.91 Å². The van der Waals surface area contributed by atoms with E-state index in [9.17, 15) is 4.79 Å². The Labute approximate surface area is 140 Å². The lowest BCUT2D eigenvalue weighted by molar-refractivity contribution is -0.128. The summed E-state index contributed by atoms with van der Waals surface area (Å²) in [4.78, 5) is 22.8. The van der Waals surface area contributed by atoms with Crippen LogP contribution in [-0.4, -0.2) is 44.6 Å². The summed E-state index contributed by atoms with van der Waals surface area (Å²) in [7, 11) is 0. The molecule has 1 saturated carbocycles. The van der Waals surface area contributed by atoms with Crippen LogP contribution in [-0.2, 0) is 4.79 Å². The van der Waals surface area contributed by atoms with Crippen molar-refractivity contribution >= 4 is 11.7 Å². The fourth-order valence-electron chi connectivity index (χ4n) is 3.01. The lowest BCUT2D eigenvalue weighted by Crippen LogP contribution is -2.29. The van der Waals surface area contributed by atoms with E-state index < -0.39 is 0 Å². The summed E-state index contributed by atoms with van der Waals surface area (Å²) in [5.41, 5.74) is 0.829. The summed E-state index contributed by atoms with van der Waals surface area (Å²) in [5.74, 6) is 2.38. The minimum Gasteiger partial charge on any atom is -0.365 e. The normalized spacial score (nSPS) is 20.9. The molecule has 0 spiro atoms. The van der Waals surface area contributed by atoms with Crippen molar-refractivity contribution in [1.82, 2.24) is 20.0 Å². The van der Waals surface area contributed by atoms with Gasteiger partial charge in [0, 0.05) is 36.7 Å². The van der Waals surface area contributed by atoms with Crippen LogP contribution in [0.5, 0.6) is 0 Å². The van der Waals surface area contributed by atoms with Crippen molar-refractivity contribution in [1.29, 1.82) is 0 Å². The van der Waals surface area contributed by atoms with Crippen molar-refractivity contribution in [2.75, 3.05) is 11.9 Å². The number of pyridine rings is 1. The van der Waals surface area contributed by atoms with E-state index in [2.05, 4.69) is 20.4 Å². The fraction of sp³-hybridized carbons (Fsp3) is 0.529. The molecule has 2 fully saturated rings. The number of likely N-dealkylation sites (tertiary alicyclic amines) is 1. The van der Waals surface area contributed by atoms with Gasteiger partial charge in [-0.15, -0.1) is 0 Å². The van der Waals surface area contributed by atoms with E-state index in [1.807, 2.05) is 30.9 Å². The number of nitrogens with zero attached hydrogens (tertiary/aromatic N) is 4. The van der Waals surface area contributed by atoms with Gasteiger partial charge in [0.15, 0.2) is 5.82 Å². The first-order valence-corrected chi connectivity index (χ1v) is 8.46. The largest absolute Gasteiger partial charge is 0.365 e. The van der Waals surface area contributed by atoms with Crippen LogP contribution in [0.25, 0.3) is 11.5 Å². The Morgan fingerprint density at radius 3 is 2.92 bits per heavy atom. The van der Waals surface area contributed by atoms with Crippen molar-refractivity contribution in [3.05, 3.63) is 24.2 Å². The molecule has 4 rings (SSSR count). The predicted molar refractivity (Wildman–Crippen MR) is 88.4 cm³/mol. The molecule has 1 unspecified atom stereocenters. The highest BCUT2D eigenvalue weighted by Crippen LogP contribution is 2.31. The van der Waals surface area contributed by atoms with Crippen molar-refractivity contribution < 1.29 is 9.32 Å². The number of hydrogen-bond acceptors (Lipinski definition) is 6. The Morgan fingerprint density at radius 1 is 1.38 bits per heavy atom. The van der Waals surface area contributed by atoms with Crippen LogP contribution in [0, 0.1) is 0 Å². The van der Waals surface area contributed by atoms with Crippen LogP contribution in [0.15, 0.2) is 22.9 Å². The van der Waals surface area contributed by atoms with Crippen LogP contribution in [0.1, 0.15) is 44.9 Å². The van der Waals surface area contributed by atoms with E-state index in [1.54, 1.807) is 6.20 Å². The van der Waals surface area contributed by atoms with Gasteiger partial charge in [0.05, 0.1) is 6.04 Å². The maximum atomic E-state index is 12.0. The van der Waals surface area contributed by atoms with Gasteiger partial charge in [0.25, 0.3) is 5.89 Å². The quantitative estimate of drug-likeness (QED) is 0.908. The highest BCUT2D eigenvalue weighted by molar-refractivity contribution is 5.80. The molecule has 1 aliphatic heterocycles.